The molecule has 2 fully saturated rings. The summed E-state index contributed by atoms with van der Waals surface area (Å²) < 4.78 is 16.2. The van der Waals surface area contributed by atoms with Crippen molar-refractivity contribution >= 4 is 23.5 Å². The van der Waals surface area contributed by atoms with Crippen molar-refractivity contribution in [2.24, 2.45) is 5.92 Å². The van der Waals surface area contributed by atoms with Crippen LogP contribution in [0.1, 0.15) is 20.3 Å². The Morgan fingerprint density at radius 1 is 1.25 bits per heavy atom. The largest absolute Gasteiger partial charge is 0.492 e. The van der Waals surface area contributed by atoms with Crippen LogP contribution >= 0.6 is 0 Å². The van der Waals surface area contributed by atoms with Crippen LogP contribution in [0.3, 0.4) is 0 Å². The highest BCUT2D eigenvalue weighted by Crippen LogP contribution is 2.33. The highest BCUT2D eigenvalue weighted by Gasteiger charge is 2.38. The molecular weight excluding hydrogens is 364 g/mol. The molecule has 0 N–H and O–H groups in total. The van der Waals surface area contributed by atoms with E-state index in [1.54, 1.807) is 28.9 Å². The van der Waals surface area contributed by atoms with Crippen LogP contribution in [0.25, 0.3) is 0 Å². The highest BCUT2D eigenvalue weighted by atomic mass is 16.5. The van der Waals surface area contributed by atoms with E-state index >= 15 is 0 Å². The van der Waals surface area contributed by atoms with Crippen molar-refractivity contribution in [1.82, 2.24) is 4.90 Å². The molecule has 1 aromatic carbocycles. The number of anilines is 1. The van der Waals surface area contributed by atoms with Gasteiger partial charge in [0.05, 0.1) is 31.4 Å². The molecular formula is C20H26N2O6. The summed E-state index contributed by atoms with van der Waals surface area (Å²) in [7, 11) is 0. The predicted octanol–water partition coefficient (Wildman–Crippen LogP) is 1.23. The molecule has 2 atom stereocenters. The third kappa shape index (κ3) is 4.44. The Balaban J connectivity index is 1.61. The maximum Gasteiger partial charge on any atom is 0.312 e. The maximum absolute atomic E-state index is 12.5. The zero-order chi connectivity index (χ0) is 20.1. The highest BCUT2D eigenvalue weighted by molar-refractivity contribution is 6.00. The first-order valence-electron chi connectivity index (χ1n) is 9.60. The number of hydrogen-bond donors (Lipinski definition) is 0. The fourth-order valence-electron chi connectivity index (χ4n) is 3.42. The average Bonchev–Trinajstić information content (AvgIpc) is 3.10. The molecule has 2 saturated heterocycles. The van der Waals surface area contributed by atoms with E-state index in [0.717, 1.165) is 0 Å². The van der Waals surface area contributed by atoms with Gasteiger partial charge in [0.1, 0.15) is 5.75 Å². The first kappa shape index (κ1) is 20.1. The van der Waals surface area contributed by atoms with Gasteiger partial charge in [-0.2, -0.15) is 0 Å². The standard InChI is InChI=1S/C20H26N2O6/c1-3-27-17-7-5-4-6-16(17)22-13-15(12-18(22)23)20(25)28-14(2)19(24)21-8-10-26-11-9-21/h4-7,14-15H,3,8-13H2,1-2H3/t14-,15-/m0/s1. The normalized spacial score (nSPS) is 20.8. The van der Waals surface area contributed by atoms with Crippen LogP contribution in [0.5, 0.6) is 5.75 Å². The topological polar surface area (TPSA) is 85.4 Å². The van der Waals surface area contributed by atoms with E-state index in [4.69, 9.17) is 14.2 Å². The van der Waals surface area contributed by atoms with Crippen molar-refractivity contribution in [2.45, 2.75) is 26.4 Å². The molecule has 2 aliphatic rings. The Kier molecular flexibility index (Phi) is 6.51. The third-order valence-electron chi connectivity index (χ3n) is 4.88. The molecule has 2 heterocycles. The number of para-hydroxylation sites is 2. The molecule has 152 valence electrons. The van der Waals surface area contributed by atoms with E-state index in [2.05, 4.69) is 0 Å². The lowest BCUT2D eigenvalue weighted by molar-refractivity contribution is -0.163. The number of amides is 2. The number of morpholine rings is 1. The van der Waals surface area contributed by atoms with Gasteiger partial charge in [0.15, 0.2) is 6.10 Å². The number of hydrogen-bond acceptors (Lipinski definition) is 6. The van der Waals surface area contributed by atoms with Gasteiger partial charge >= 0.3 is 5.97 Å². The molecule has 8 heteroatoms. The number of benzene rings is 1. The summed E-state index contributed by atoms with van der Waals surface area (Å²) in [4.78, 5) is 40.6. The number of nitrogens with zero attached hydrogens (tertiary/aromatic N) is 2. The Morgan fingerprint density at radius 2 is 1.96 bits per heavy atom. The lowest BCUT2D eigenvalue weighted by Crippen LogP contribution is -2.46. The van der Waals surface area contributed by atoms with E-state index < -0.39 is 18.0 Å². The molecule has 0 saturated carbocycles. The van der Waals surface area contributed by atoms with E-state index in [1.807, 2.05) is 19.1 Å². The van der Waals surface area contributed by atoms with Crippen LogP contribution in [0, 0.1) is 5.92 Å². The molecule has 28 heavy (non-hydrogen) atoms. The minimum absolute atomic E-state index is 0.0533. The molecule has 0 bridgehead atoms. The van der Waals surface area contributed by atoms with E-state index in [1.165, 1.54) is 0 Å². The molecule has 3 rings (SSSR count). The van der Waals surface area contributed by atoms with Gasteiger partial charge < -0.3 is 24.0 Å². The Labute approximate surface area is 164 Å². The van der Waals surface area contributed by atoms with Crippen molar-refractivity contribution in [3.63, 3.8) is 0 Å². The van der Waals surface area contributed by atoms with Gasteiger partial charge in [0.2, 0.25) is 5.91 Å². The van der Waals surface area contributed by atoms with Gasteiger partial charge in [-0.25, -0.2) is 0 Å². The van der Waals surface area contributed by atoms with Crippen LogP contribution < -0.4 is 9.64 Å². The number of rotatable bonds is 6. The molecule has 2 amide bonds. The lowest BCUT2D eigenvalue weighted by atomic mass is 10.1. The summed E-state index contributed by atoms with van der Waals surface area (Å²) in [6, 6.07) is 7.24. The van der Waals surface area contributed by atoms with Gasteiger partial charge in [-0.3, -0.25) is 14.4 Å². The second kappa shape index (κ2) is 9.05. The van der Waals surface area contributed by atoms with Crippen LogP contribution in [0.2, 0.25) is 0 Å². The van der Waals surface area contributed by atoms with Crippen LogP contribution in [-0.2, 0) is 23.9 Å². The lowest BCUT2D eigenvalue weighted by Gasteiger charge is -2.29. The van der Waals surface area contributed by atoms with Crippen LogP contribution in [0.4, 0.5) is 5.69 Å². The molecule has 0 aromatic heterocycles. The van der Waals surface area contributed by atoms with Gasteiger partial charge in [0.25, 0.3) is 5.91 Å². The molecule has 0 spiro atoms. The summed E-state index contributed by atoms with van der Waals surface area (Å²) >= 11 is 0. The average molecular weight is 390 g/mol. The number of carbonyl (C=O) groups excluding carboxylic acids is 3. The maximum atomic E-state index is 12.5. The predicted molar refractivity (Wildman–Crippen MR) is 101 cm³/mol. The Morgan fingerprint density at radius 3 is 2.68 bits per heavy atom. The molecule has 0 radical (unpaired) electrons. The van der Waals surface area contributed by atoms with Crippen molar-refractivity contribution in [3.05, 3.63) is 24.3 Å². The molecule has 0 unspecified atom stereocenters. The first-order chi connectivity index (χ1) is 13.5. The number of esters is 1. The minimum atomic E-state index is -0.884. The third-order valence-corrected chi connectivity index (χ3v) is 4.88. The zero-order valence-electron chi connectivity index (χ0n) is 16.3. The van der Waals surface area contributed by atoms with E-state index in [9.17, 15) is 14.4 Å². The Bertz CT molecular complexity index is 731. The summed E-state index contributed by atoms with van der Waals surface area (Å²) in [6.07, 6.45) is -0.830. The van der Waals surface area contributed by atoms with Crippen molar-refractivity contribution in [1.29, 1.82) is 0 Å². The monoisotopic (exact) mass is 390 g/mol. The first-order valence-corrected chi connectivity index (χ1v) is 9.60. The molecule has 2 aliphatic heterocycles. The minimum Gasteiger partial charge on any atom is -0.492 e. The number of ether oxygens (including phenoxy) is 3. The van der Waals surface area contributed by atoms with Gasteiger partial charge in [-0.1, -0.05) is 12.1 Å². The van der Waals surface area contributed by atoms with Crippen molar-refractivity contribution in [2.75, 3.05) is 44.4 Å². The van der Waals surface area contributed by atoms with Gasteiger partial charge in [-0.05, 0) is 26.0 Å². The molecule has 8 nitrogen and oxygen atoms in total. The number of carbonyl (C=O) groups is 3. The SMILES string of the molecule is CCOc1ccccc1N1C[C@@H](C(=O)O[C@@H](C)C(=O)N2CCOCC2)CC1=O. The van der Waals surface area contributed by atoms with Crippen LogP contribution in [0.15, 0.2) is 24.3 Å². The fraction of sp³-hybridized carbons (Fsp3) is 0.550. The smallest absolute Gasteiger partial charge is 0.312 e. The van der Waals surface area contributed by atoms with Crippen LogP contribution in [-0.4, -0.2) is 68.2 Å². The van der Waals surface area contributed by atoms with E-state index in [-0.39, 0.29) is 24.8 Å². The zero-order valence-corrected chi connectivity index (χ0v) is 16.3. The second-order valence-corrected chi connectivity index (χ2v) is 6.82. The second-order valence-electron chi connectivity index (χ2n) is 6.82. The summed E-state index contributed by atoms with van der Waals surface area (Å²) in [5.41, 5.74) is 0.641. The fourth-order valence-corrected chi connectivity index (χ4v) is 3.42. The van der Waals surface area contributed by atoms with Crippen molar-refractivity contribution in [3.8, 4) is 5.75 Å². The summed E-state index contributed by atoms with van der Waals surface area (Å²) in [5, 5.41) is 0. The summed E-state index contributed by atoms with van der Waals surface area (Å²) in [5.74, 6) is -0.940. The Hall–Kier alpha value is -2.61. The van der Waals surface area contributed by atoms with Gasteiger partial charge in [-0.15, -0.1) is 0 Å². The molecule has 0 aliphatic carbocycles. The van der Waals surface area contributed by atoms with Crippen molar-refractivity contribution < 1.29 is 28.6 Å². The van der Waals surface area contributed by atoms with E-state index in [0.29, 0.717) is 44.3 Å². The molecule has 1 aromatic rings. The quantitative estimate of drug-likeness (QED) is 0.679. The van der Waals surface area contributed by atoms with Gasteiger partial charge in [0, 0.05) is 26.1 Å². The summed E-state index contributed by atoms with van der Waals surface area (Å²) in [6.45, 7) is 6.07.